The molecular formula is C23H21BrFN3O3. The molecule has 0 aromatic heterocycles. The number of amides is 3. The van der Waals surface area contributed by atoms with Crippen molar-refractivity contribution in [1.29, 1.82) is 0 Å². The van der Waals surface area contributed by atoms with Crippen molar-refractivity contribution in [3.8, 4) is 5.75 Å². The Morgan fingerprint density at radius 2 is 1.61 bits per heavy atom. The molecule has 1 unspecified atom stereocenters. The summed E-state index contributed by atoms with van der Waals surface area (Å²) in [6, 6.07) is 19.9. The first kappa shape index (κ1) is 22.3. The van der Waals surface area contributed by atoms with Gasteiger partial charge in [0.15, 0.2) is 18.2 Å². The molecule has 160 valence electrons. The summed E-state index contributed by atoms with van der Waals surface area (Å²) in [5, 5.41) is 8.28. The van der Waals surface area contributed by atoms with Crippen LogP contribution < -0.4 is 20.7 Å². The van der Waals surface area contributed by atoms with Crippen LogP contribution in [0.15, 0.2) is 77.3 Å². The maximum atomic E-state index is 13.8. The third-order valence-electron chi connectivity index (χ3n) is 4.33. The van der Waals surface area contributed by atoms with E-state index in [9.17, 15) is 14.0 Å². The van der Waals surface area contributed by atoms with Crippen LogP contribution in [0.4, 0.5) is 20.6 Å². The number of nitrogens with one attached hydrogen (secondary N) is 3. The molecule has 3 N–H and O–H groups in total. The zero-order chi connectivity index (χ0) is 22.2. The molecule has 0 aliphatic rings. The Morgan fingerprint density at radius 3 is 2.26 bits per heavy atom. The van der Waals surface area contributed by atoms with Crippen molar-refractivity contribution in [2.45, 2.75) is 13.0 Å². The minimum absolute atomic E-state index is 0.00945. The second kappa shape index (κ2) is 10.6. The predicted molar refractivity (Wildman–Crippen MR) is 122 cm³/mol. The number of rotatable bonds is 7. The Labute approximate surface area is 187 Å². The fourth-order valence-corrected chi connectivity index (χ4v) is 3.11. The van der Waals surface area contributed by atoms with Crippen LogP contribution in [-0.2, 0) is 4.79 Å². The molecular weight excluding hydrogens is 465 g/mol. The van der Waals surface area contributed by atoms with Crippen LogP contribution in [-0.4, -0.2) is 18.5 Å². The molecule has 3 aromatic rings. The number of halogens is 2. The summed E-state index contributed by atoms with van der Waals surface area (Å²) in [5.41, 5.74) is 2.15. The fraction of sp³-hybridized carbons (Fsp3) is 0.130. The van der Waals surface area contributed by atoms with E-state index < -0.39 is 5.82 Å². The lowest BCUT2D eigenvalue weighted by molar-refractivity contribution is -0.123. The lowest BCUT2D eigenvalue weighted by Crippen LogP contribution is -2.31. The van der Waals surface area contributed by atoms with E-state index in [1.54, 1.807) is 42.5 Å². The van der Waals surface area contributed by atoms with E-state index in [0.29, 0.717) is 15.8 Å². The summed E-state index contributed by atoms with van der Waals surface area (Å²) in [5.74, 6) is -0.913. The SMILES string of the molecule is CC(NC(=O)COc1ccc(Br)cc1F)c1ccc(NC(=O)Nc2ccccc2)cc1. The van der Waals surface area contributed by atoms with E-state index in [2.05, 4.69) is 31.9 Å². The van der Waals surface area contributed by atoms with Crippen LogP contribution in [0.5, 0.6) is 5.75 Å². The summed E-state index contributed by atoms with van der Waals surface area (Å²) < 4.78 is 19.6. The van der Waals surface area contributed by atoms with Gasteiger partial charge in [0, 0.05) is 15.8 Å². The Balaban J connectivity index is 1.48. The Bertz CT molecular complexity index is 1050. The summed E-state index contributed by atoms with van der Waals surface area (Å²) in [4.78, 5) is 24.2. The molecule has 0 spiro atoms. The monoisotopic (exact) mass is 485 g/mol. The second-order valence-corrected chi connectivity index (χ2v) is 7.64. The minimum Gasteiger partial charge on any atom is -0.481 e. The second-order valence-electron chi connectivity index (χ2n) is 6.72. The smallest absolute Gasteiger partial charge is 0.323 e. The van der Waals surface area contributed by atoms with E-state index in [0.717, 1.165) is 5.56 Å². The third-order valence-corrected chi connectivity index (χ3v) is 4.82. The molecule has 0 saturated carbocycles. The lowest BCUT2D eigenvalue weighted by atomic mass is 10.1. The first-order chi connectivity index (χ1) is 14.9. The zero-order valence-electron chi connectivity index (χ0n) is 16.7. The number of hydrogen-bond donors (Lipinski definition) is 3. The Kier molecular flexibility index (Phi) is 7.61. The van der Waals surface area contributed by atoms with Crippen molar-refractivity contribution in [2.75, 3.05) is 17.2 Å². The average Bonchev–Trinajstić information content (AvgIpc) is 2.74. The molecule has 0 heterocycles. The van der Waals surface area contributed by atoms with Crippen molar-refractivity contribution in [3.05, 3.63) is 88.6 Å². The van der Waals surface area contributed by atoms with E-state index in [1.807, 2.05) is 25.1 Å². The molecule has 0 fully saturated rings. The van der Waals surface area contributed by atoms with Gasteiger partial charge in [-0.3, -0.25) is 4.79 Å². The van der Waals surface area contributed by atoms with Gasteiger partial charge in [0.25, 0.3) is 5.91 Å². The zero-order valence-corrected chi connectivity index (χ0v) is 18.3. The van der Waals surface area contributed by atoms with Crippen LogP contribution in [0.1, 0.15) is 18.5 Å². The topological polar surface area (TPSA) is 79.5 Å². The van der Waals surface area contributed by atoms with Crippen LogP contribution in [0.2, 0.25) is 0 Å². The highest BCUT2D eigenvalue weighted by Gasteiger charge is 2.12. The molecule has 6 nitrogen and oxygen atoms in total. The number of hydrogen-bond acceptors (Lipinski definition) is 3. The normalized spacial score (nSPS) is 11.3. The average molecular weight is 486 g/mol. The molecule has 31 heavy (non-hydrogen) atoms. The number of para-hydroxylation sites is 1. The van der Waals surface area contributed by atoms with Gasteiger partial charge in [0.1, 0.15) is 0 Å². The molecule has 3 aromatic carbocycles. The highest BCUT2D eigenvalue weighted by Crippen LogP contribution is 2.21. The molecule has 0 bridgehead atoms. The predicted octanol–water partition coefficient (Wildman–Crippen LogP) is 5.49. The van der Waals surface area contributed by atoms with Gasteiger partial charge in [-0.25, -0.2) is 9.18 Å². The van der Waals surface area contributed by atoms with Gasteiger partial charge in [-0.2, -0.15) is 0 Å². The van der Waals surface area contributed by atoms with E-state index >= 15 is 0 Å². The van der Waals surface area contributed by atoms with E-state index in [4.69, 9.17) is 4.74 Å². The number of carbonyl (C=O) groups is 2. The standard InChI is InChI=1S/C23H21BrFN3O3/c1-15(26-22(29)14-31-21-12-9-17(24)13-20(21)25)16-7-10-19(11-8-16)28-23(30)27-18-5-3-2-4-6-18/h2-13,15H,14H2,1H3,(H,26,29)(H2,27,28,30). The van der Waals surface area contributed by atoms with Gasteiger partial charge < -0.3 is 20.7 Å². The molecule has 0 aliphatic carbocycles. The molecule has 0 radical (unpaired) electrons. The first-order valence-electron chi connectivity index (χ1n) is 9.51. The minimum atomic E-state index is -0.547. The van der Waals surface area contributed by atoms with Crippen molar-refractivity contribution in [3.63, 3.8) is 0 Å². The van der Waals surface area contributed by atoms with Crippen LogP contribution >= 0.6 is 15.9 Å². The van der Waals surface area contributed by atoms with Gasteiger partial charge in [-0.1, -0.05) is 46.3 Å². The van der Waals surface area contributed by atoms with Crippen molar-refractivity contribution >= 4 is 39.2 Å². The Morgan fingerprint density at radius 1 is 0.968 bits per heavy atom. The first-order valence-corrected chi connectivity index (χ1v) is 10.3. The van der Waals surface area contributed by atoms with Gasteiger partial charge >= 0.3 is 6.03 Å². The molecule has 3 rings (SSSR count). The van der Waals surface area contributed by atoms with E-state index in [-0.39, 0.29) is 30.3 Å². The van der Waals surface area contributed by atoms with E-state index in [1.165, 1.54) is 12.1 Å². The number of anilines is 2. The largest absolute Gasteiger partial charge is 0.481 e. The molecule has 8 heteroatoms. The van der Waals surface area contributed by atoms with Crippen LogP contribution in [0.25, 0.3) is 0 Å². The summed E-state index contributed by atoms with van der Waals surface area (Å²) in [7, 11) is 0. The summed E-state index contributed by atoms with van der Waals surface area (Å²) in [6.45, 7) is 1.52. The van der Waals surface area contributed by atoms with Crippen molar-refractivity contribution in [2.24, 2.45) is 0 Å². The fourth-order valence-electron chi connectivity index (χ4n) is 2.77. The van der Waals surface area contributed by atoms with Crippen LogP contribution in [0.3, 0.4) is 0 Å². The maximum absolute atomic E-state index is 13.8. The maximum Gasteiger partial charge on any atom is 0.323 e. The number of ether oxygens (including phenoxy) is 1. The molecule has 0 saturated heterocycles. The Hall–Kier alpha value is -3.39. The van der Waals surface area contributed by atoms with Crippen molar-refractivity contribution < 1.29 is 18.7 Å². The molecule has 1 atom stereocenters. The van der Waals surface area contributed by atoms with Gasteiger partial charge in [0.2, 0.25) is 0 Å². The quantitative estimate of drug-likeness (QED) is 0.414. The number of benzene rings is 3. The summed E-state index contributed by atoms with van der Waals surface area (Å²) in [6.07, 6.45) is 0. The lowest BCUT2D eigenvalue weighted by Gasteiger charge is -2.16. The number of urea groups is 1. The highest BCUT2D eigenvalue weighted by atomic mass is 79.9. The van der Waals surface area contributed by atoms with Gasteiger partial charge in [0.05, 0.1) is 6.04 Å². The number of carbonyl (C=O) groups excluding carboxylic acids is 2. The van der Waals surface area contributed by atoms with Gasteiger partial charge in [-0.05, 0) is 55.0 Å². The summed E-state index contributed by atoms with van der Waals surface area (Å²) >= 11 is 3.17. The molecule has 3 amide bonds. The van der Waals surface area contributed by atoms with Crippen LogP contribution in [0, 0.1) is 5.82 Å². The van der Waals surface area contributed by atoms with Crippen molar-refractivity contribution in [1.82, 2.24) is 5.32 Å². The third kappa shape index (κ3) is 6.82. The molecule has 0 aliphatic heterocycles. The van der Waals surface area contributed by atoms with Gasteiger partial charge in [-0.15, -0.1) is 0 Å². The highest BCUT2D eigenvalue weighted by molar-refractivity contribution is 9.10.